The topological polar surface area (TPSA) is 88.9 Å². The maximum Gasteiger partial charge on any atom is 0.253 e. The molecule has 1 aliphatic rings. The number of hydrogen-bond acceptors (Lipinski definition) is 5. The summed E-state index contributed by atoms with van der Waals surface area (Å²) in [6, 6.07) is 17.0. The Morgan fingerprint density at radius 2 is 1.97 bits per heavy atom. The molecule has 3 heterocycles. The first-order chi connectivity index (χ1) is 16.2. The van der Waals surface area contributed by atoms with Crippen LogP contribution in [0.5, 0.6) is 5.75 Å². The van der Waals surface area contributed by atoms with E-state index in [4.69, 9.17) is 16.3 Å². The Balaban J connectivity index is 1.17. The van der Waals surface area contributed by atoms with Crippen molar-refractivity contribution in [1.82, 2.24) is 29.9 Å². The molecule has 1 fully saturated rings. The summed E-state index contributed by atoms with van der Waals surface area (Å²) in [5.41, 5.74) is 3.51. The standard InChI is InChI=1S/C24H23ClN6O2/c25-19-4-2-6-22(12-19)33-10-8-20-13-23(29-28-20)18-7-9-30(14-18)24(32)17-3-1-5-21(11-17)31-15-26-27-16-31/h1-6,11-13,15-16,18H,7-10,14H2,(H,28,29). The highest BCUT2D eigenvalue weighted by Gasteiger charge is 2.29. The second-order valence-electron chi connectivity index (χ2n) is 8.03. The summed E-state index contributed by atoms with van der Waals surface area (Å²) < 4.78 is 7.55. The molecule has 0 bridgehead atoms. The van der Waals surface area contributed by atoms with E-state index in [1.807, 2.05) is 47.4 Å². The molecule has 1 atom stereocenters. The Labute approximate surface area is 196 Å². The third-order valence-electron chi connectivity index (χ3n) is 5.79. The van der Waals surface area contributed by atoms with Crippen molar-refractivity contribution in [3.05, 3.63) is 89.2 Å². The first kappa shape index (κ1) is 21.2. The number of carbonyl (C=O) groups is 1. The largest absolute Gasteiger partial charge is 0.493 e. The molecule has 0 saturated carbocycles. The Kier molecular flexibility index (Phi) is 6.08. The van der Waals surface area contributed by atoms with Gasteiger partial charge in [-0.1, -0.05) is 23.7 Å². The van der Waals surface area contributed by atoms with Gasteiger partial charge in [0.15, 0.2) is 0 Å². The highest BCUT2D eigenvalue weighted by Crippen LogP contribution is 2.28. The highest BCUT2D eigenvalue weighted by molar-refractivity contribution is 6.30. The van der Waals surface area contributed by atoms with Crippen LogP contribution in [0.4, 0.5) is 0 Å². The van der Waals surface area contributed by atoms with Crippen LogP contribution in [0, 0.1) is 0 Å². The number of carbonyl (C=O) groups excluding carboxylic acids is 1. The Morgan fingerprint density at radius 1 is 1.12 bits per heavy atom. The van der Waals surface area contributed by atoms with E-state index in [1.165, 1.54) is 0 Å². The van der Waals surface area contributed by atoms with Crippen LogP contribution >= 0.6 is 11.6 Å². The van der Waals surface area contributed by atoms with Gasteiger partial charge in [0.25, 0.3) is 5.91 Å². The average molecular weight is 463 g/mol. The van der Waals surface area contributed by atoms with Crippen molar-refractivity contribution in [2.75, 3.05) is 19.7 Å². The van der Waals surface area contributed by atoms with E-state index >= 15 is 0 Å². The number of halogens is 1. The molecule has 0 aliphatic carbocycles. The number of H-pyrrole nitrogens is 1. The number of aromatic amines is 1. The van der Waals surface area contributed by atoms with Crippen LogP contribution in [0.15, 0.2) is 67.3 Å². The molecule has 1 N–H and O–H groups in total. The third-order valence-corrected chi connectivity index (χ3v) is 6.03. The lowest BCUT2D eigenvalue weighted by Gasteiger charge is -2.16. The van der Waals surface area contributed by atoms with Gasteiger partial charge in [0.2, 0.25) is 0 Å². The molecule has 5 rings (SSSR count). The minimum atomic E-state index is 0.0260. The maximum absolute atomic E-state index is 13.1. The van der Waals surface area contributed by atoms with Crippen molar-refractivity contribution >= 4 is 17.5 Å². The molecule has 2 aromatic heterocycles. The zero-order chi connectivity index (χ0) is 22.6. The number of ether oxygens (including phenoxy) is 1. The van der Waals surface area contributed by atoms with Gasteiger partial charge in [0, 0.05) is 47.4 Å². The van der Waals surface area contributed by atoms with E-state index in [2.05, 4.69) is 26.5 Å². The molecule has 168 valence electrons. The predicted octanol–water partition coefficient (Wildman–Crippen LogP) is 3.90. The van der Waals surface area contributed by atoms with Gasteiger partial charge in [0.1, 0.15) is 18.4 Å². The van der Waals surface area contributed by atoms with Gasteiger partial charge >= 0.3 is 0 Å². The van der Waals surface area contributed by atoms with Crippen LogP contribution in [-0.2, 0) is 6.42 Å². The molecule has 33 heavy (non-hydrogen) atoms. The number of aromatic nitrogens is 5. The number of amides is 1. The van der Waals surface area contributed by atoms with Crippen LogP contribution in [0.1, 0.15) is 34.1 Å². The zero-order valence-corrected chi connectivity index (χ0v) is 18.7. The van der Waals surface area contributed by atoms with Gasteiger partial charge in [-0.25, -0.2) is 0 Å². The van der Waals surface area contributed by atoms with E-state index in [-0.39, 0.29) is 11.8 Å². The van der Waals surface area contributed by atoms with Crippen molar-refractivity contribution in [3.63, 3.8) is 0 Å². The number of hydrogen-bond donors (Lipinski definition) is 1. The predicted molar refractivity (Wildman–Crippen MR) is 124 cm³/mol. The van der Waals surface area contributed by atoms with Crippen LogP contribution in [-0.4, -0.2) is 55.5 Å². The minimum absolute atomic E-state index is 0.0260. The number of nitrogens with one attached hydrogen (secondary N) is 1. The Bertz CT molecular complexity index is 1240. The minimum Gasteiger partial charge on any atom is -0.493 e. The molecule has 1 aliphatic heterocycles. The van der Waals surface area contributed by atoms with E-state index in [9.17, 15) is 4.79 Å². The van der Waals surface area contributed by atoms with Crippen LogP contribution < -0.4 is 4.74 Å². The second-order valence-corrected chi connectivity index (χ2v) is 8.47. The molecule has 1 unspecified atom stereocenters. The summed E-state index contributed by atoms with van der Waals surface area (Å²) in [7, 11) is 0. The first-order valence-corrected chi connectivity index (χ1v) is 11.2. The van der Waals surface area contributed by atoms with Gasteiger partial charge in [-0.15, -0.1) is 10.2 Å². The lowest BCUT2D eigenvalue weighted by Crippen LogP contribution is -2.28. The van der Waals surface area contributed by atoms with Crippen LogP contribution in [0.2, 0.25) is 5.02 Å². The van der Waals surface area contributed by atoms with Crippen LogP contribution in [0.25, 0.3) is 5.69 Å². The van der Waals surface area contributed by atoms with E-state index in [1.54, 1.807) is 23.3 Å². The van der Waals surface area contributed by atoms with Crippen molar-refractivity contribution < 1.29 is 9.53 Å². The van der Waals surface area contributed by atoms with Crippen molar-refractivity contribution in [1.29, 1.82) is 0 Å². The summed E-state index contributed by atoms with van der Waals surface area (Å²) in [6.07, 6.45) is 4.83. The molecule has 0 spiro atoms. The highest BCUT2D eigenvalue weighted by atomic mass is 35.5. The number of rotatable bonds is 7. The summed E-state index contributed by atoms with van der Waals surface area (Å²) in [6.45, 7) is 1.89. The molecule has 1 amide bonds. The maximum atomic E-state index is 13.1. The molecular formula is C24H23ClN6O2. The summed E-state index contributed by atoms with van der Waals surface area (Å²) in [5, 5.41) is 15.9. The zero-order valence-electron chi connectivity index (χ0n) is 17.9. The van der Waals surface area contributed by atoms with Crippen LogP contribution in [0.3, 0.4) is 0 Å². The number of nitrogens with zero attached hydrogens (tertiary/aromatic N) is 5. The molecule has 9 heteroatoms. The molecule has 1 saturated heterocycles. The van der Waals surface area contributed by atoms with E-state index < -0.39 is 0 Å². The summed E-state index contributed by atoms with van der Waals surface area (Å²) in [4.78, 5) is 15.0. The fourth-order valence-corrected chi connectivity index (χ4v) is 4.23. The fraction of sp³-hybridized carbons (Fsp3) is 0.250. The summed E-state index contributed by atoms with van der Waals surface area (Å²) in [5.74, 6) is 0.993. The Morgan fingerprint density at radius 3 is 2.82 bits per heavy atom. The van der Waals surface area contributed by atoms with Gasteiger partial charge < -0.3 is 9.64 Å². The normalized spacial score (nSPS) is 15.7. The van der Waals surface area contributed by atoms with E-state index in [0.717, 1.165) is 29.2 Å². The van der Waals surface area contributed by atoms with Crippen molar-refractivity contribution in [2.24, 2.45) is 0 Å². The average Bonchev–Trinajstić information content (AvgIpc) is 3.60. The quantitative estimate of drug-likeness (QED) is 0.450. The van der Waals surface area contributed by atoms with Crippen molar-refractivity contribution in [2.45, 2.75) is 18.8 Å². The molecule has 2 aromatic carbocycles. The molecule has 8 nitrogen and oxygen atoms in total. The third kappa shape index (κ3) is 4.90. The fourth-order valence-electron chi connectivity index (χ4n) is 4.05. The van der Waals surface area contributed by atoms with Gasteiger partial charge in [0.05, 0.1) is 12.3 Å². The summed E-state index contributed by atoms with van der Waals surface area (Å²) >= 11 is 5.99. The van der Waals surface area contributed by atoms with E-state index in [0.29, 0.717) is 36.7 Å². The van der Waals surface area contributed by atoms with Gasteiger partial charge in [-0.3, -0.25) is 14.5 Å². The molecule has 0 radical (unpaired) electrons. The Hall–Kier alpha value is -3.65. The monoisotopic (exact) mass is 462 g/mol. The van der Waals surface area contributed by atoms with Crippen molar-refractivity contribution in [3.8, 4) is 11.4 Å². The lowest BCUT2D eigenvalue weighted by atomic mass is 10.0. The number of benzene rings is 2. The van der Waals surface area contributed by atoms with Gasteiger partial charge in [-0.05, 0) is 48.9 Å². The molecule has 4 aromatic rings. The lowest BCUT2D eigenvalue weighted by molar-refractivity contribution is 0.0790. The SMILES string of the molecule is O=C(c1cccc(-n2cnnc2)c1)N1CCC(c2cc(CCOc3cccc(Cl)c3)[nH]n2)C1. The second kappa shape index (κ2) is 9.46. The number of likely N-dealkylation sites (tertiary alicyclic amines) is 1. The molecular weight excluding hydrogens is 440 g/mol. The van der Waals surface area contributed by atoms with Gasteiger partial charge in [-0.2, -0.15) is 5.10 Å². The first-order valence-electron chi connectivity index (χ1n) is 10.8. The smallest absolute Gasteiger partial charge is 0.253 e.